The third kappa shape index (κ3) is 3.52. The molecule has 1 amide bonds. The van der Waals surface area contributed by atoms with Crippen molar-refractivity contribution in [3.63, 3.8) is 0 Å². The maximum absolute atomic E-state index is 11.8. The van der Waals surface area contributed by atoms with Crippen LogP contribution in [0.4, 0.5) is 0 Å². The molecule has 0 saturated carbocycles. The minimum atomic E-state index is -0.533. The summed E-state index contributed by atoms with van der Waals surface area (Å²) in [5.74, 6) is 0.446. The highest BCUT2D eigenvalue weighted by molar-refractivity contribution is 7.10. The van der Waals surface area contributed by atoms with E-state index < -0.39 is 6.04 Å². The van der Waals surface area contributed by atoms with Gasteiger partial charge in [-0.2, -0.15) is 0 Å². The molecule has 17 heavy (non-hydrogen) atoms. The van der Waals surface area contributed by atoms with Gasteiger partial charge in [-0.1, -0.05) is 6.07 Å². The van der Waals surface area contributed by atoms with Crippen LogP contribution in [0.25, 0.3) is 0 Å². The van der Waals surface area contributed by atoms with E-state index in [1.165, 1.54) is 11.3 Å². The van der Waals surface area contributed by atoms with Gasteiger partial charge < -0.3 is 15.8 Å². The van der Waals surface area contributed by atoms with Crippen LogP contribution in [-0.2, 0) is 9.53 Å². The van der Waals surface area contributed by atoms with Gasteiger partial charge in [0, 0.05) is 24.6 Å². The molecule has 0 aliphatic carbocycles. The van der Waals surface area contributed by atoms with Crippen LogP contribution in [0.5, 0.6) is 0 Å². The van der Waals surface area contributed by atoms with Crippen LogP contribution in [0.1, 0.15) is 23.8 Å². The minimum Gasteiger partial charge on any atom is -0.381 e. The lowest BCUT2D eigenvalue weighted by Gasteiger charge is -2.22. The third-order valence-corrected chi connectivity index (χ3v) is 3.99. The molecule has 2 rings (SSSR count). The highest BCUT2D eigenvalue weighted by Gasteiger charge is 2.19. The first-order chi connectivity index (χ1) is 8.27. The highest BCUT2D eigenvalue weighted by atomic mass is 32.1. The normalized spacial score (nSPS) is 18.9. The molecular formula is C12H18N2O2S. The molecule has 1 saturated heterocycles. The zero-order valence-corrected chi connectivity index (χ0v) is 10.5. The zero-order chi connectivity index (χ0) is 12.1. The fraction of sp³-hybridized carbons (Fsp3) is 0.583. The number of nitrogens with one attached hydrogen (secondary N) is 1. The summed E-state index contributed by atoms with van der Waals surface area (Å²) in [7, 11) is 0. The van der Waals surface area contributed by atoms with E-state index in [1.54, 1.807) is 0 Å². The topological polar surface area (TPSA) is 64.4 Å². The first kappa shape index (κ1) is 12.5. The molecular weight excluding hydrogens is 236 g/mol. The number of thiophene rings is 1. The molecule has 1 atom stereocenters. The van der Waals surface area contributed by atoms with Gasteiger partial charge in [-0.25, -0.2) is 0 Å². The van der Waals surface area contributed by atoms with Crippen molar-refractivity contribution in [3.8, 4) is 0 Å². The average molecular weight is 254 g/mol. The Morgan fingerprint density at radius 2 is 2.35 bits per heavy atom. The summed E-state index contributed by atoms with van der Waals surface area (Å²) in [5, 5.41) is 4.86. The number of hydrogen-bond donors (Lipinski definition) is 2. The molecule has 1 aliphatic heterocycles. The number of nitrogens with two attached hydrogens (primary N) is 1. The molecule has 2 heterocycles. The SMILES string of the molecule is NC(C(=O)NCC1CCOCC1)c1cccs1. The molecule has 1 unspecified atom stereocenters. The van der Waals surface area contributed by atoms with E-state index in [2.05, 4.69) is 5.32 Å². The van der Waals surface area contributed by atoms with Gasteiger partial charge in [0.05, 0.1) is 0 Å². The third-order valence-electron chi connectivity index (χ3n) is 3.04. The second-order valence-electron chi connectivity index (χ2n) is 4.29. The number of hydrogen-bond acceptors (Lipinski definition) is 4. The molecule has 0 aromatic carbocycles. The molecule has 4 nitrogen and oxygen atoms in total. The Hall–Kier alpha value is -0.910. The summed E-state index contributed by atoms with van der Waals surface area (Å²) in [4.78, 5) is 12.7. The van der Waals surface area contributed by atoms with Crippen LogP contribution in [0.3, 0.4) is 0 Å². The largest absolute Gasteiger partial charge is 0.381 e. The lowest BCUT2D eigenvalue weighted by atomic mass is 10.0. The first-order valence-corrected chi connectivity index (χ1v) is 6.80. The van der Waals surface area contributed by atoms with Crippen molar-refractivity contribution in [3.05, 3.63) is 22.4 Å². The Labute approximate surface area is 105 Å². The summed E-state index contributed by atoms with van der Waals surface area (Å²) >= 11 is 1.51. The Kier molecular flexibility index (Phi) is 4.53. The van der Waals surface area contributed by atoms with Gasteiger partial charge in [0.2, 0.25) is 5.91 Å². The van der Waals surface area contributed by atoms with Crippen molar-refractivity contribution >= 4 is 17.2 Å². The number of rotatable bonds is 4. The summed E-state index contributed by atoms with van der Waals surface area (Å²) in [6, 6.07) is 3.27. The van der Waals surface area contributed by atoms with Crippen molar-refractivity contribution in [2.45, 2.75) is 18.9 Å². The van der Waals surface area contributed by atoms with Gasteiger partial charge >= 0.3 is 0 Å². The monoisotopic (exact) mass is 254 g/mol. The van der Waals surface area contributed by atoms with Gasteiger partial charge in [-0.15, -0.1) is 11.3 Å². The van der Waals surface area contributed by atoms with Gasteiger partial charge in [0.15, 0.2) is 0 Å². The maximum Gasteiger partial charge on any atom is 0.242 e. The van der Waals surface area contributed by atoms with E-state index in [9.17, 15) is 4.79 Å². The fourth-order valence-corrected chi connectivity index (χ4v) is 2.63. The standard InChI is InChI=1S/C12H18N2O2S/c13-11(10-2-1-7-17-10)12(15)14-8-9-3-5-16-6-4-9/h1-2,7,9,11H,3-6,8,13H2,(H,14,15). The summed E-state index contributed by atoms with van der Waals surface area (Å²) in [5.41, 5.74) is 5.87. The van der Waals surface area contributed by atoms with Crippen LogP contribution < -0.4 is 11.1 Å². The molecule has 0 bridgehead atoms. The molecule has 3 N–H and O–H groups in total. The molecule has 1 aromatic heterocycles. The smallest absolute Gasteiger partial charge is 0.242 e. The minimum absolute atomic E-state index is 0.0843. The molecule has 1 aliphatic rings. The van der Waals surface area contributed by atoms with Crippen LogP contribution in [0, 0.1) is 5.92 Å². The van der Waals surface area contributed by atoms with E-state index in [4.69, 9.17) is 10.5 Å². The molecule has 1 fully saturated rings. The van der Waals surface area contributed by atoms with Crippen LogP contribution >= 0.6 is 11.3 Å². The Bertz CT molecular complexity index is 347. The predicted octanol–water partition coefficient (Wildman–Crippen LogP) is 1.29. The van der Waals surface area contributed by atoms with Crippen molar-refractivity contribution in [2.24, 2.45) is 11.7 Å². The maximum atomic E-state index is 11.8. The van der Waals surface area contributed by atoms with Crippen LogP contribution in [0.15, 0.2) is 17.5 Å². The fourth-order valence-electron chi connectivity index (χ4n) is 1.90. The molecule has 1 aromatic rings. The van der Waals surface area contributed by atoms with Crippen molar-refractivity contribution in [2.75, 3.05) is 19.8 Å². The van der Waals surface area contributed by atoms with E-state index in [1.807, 2.05) is 17.5 Å². The molecule has 0 radical (unpaired) electrons. The highest BCUT2D eigenvalue weighted by Crippen LogP contribution is 2.17. The van der Waals surface area contributed by atoms with E-state index in [0.29, 0.717) is 12.5 Å². The number of ether oxygens (including phenoxy) is 1. The molecule has 0 spiro atoms. The number of carbonyl (C=O) groups excluding carboxylic acids is 1. The zero-order valence-electron chi connectivity index (χ0n) is 9.72. The van der Waals surface area contributed by atoms with Gasteiger partial charge in [-0.05, 0) is 30.2 Å². The van der Waals surface area contributed by atoms with Crippen molar-refractivity contribution in [1.82, 2.24) is 5.32 Å². The number of carbonyl (C=O) groups is 1. The van der Waals surface area contributed by atoms with Crippen molar-refractivity contribution in [1.29, 1.82) is 0 Å². The van der Waals surface area contributed by atoms with Crippen LogP contribution in [0.2, 0.25) is 0 Å². The van der Waals surface area contributed by atoms with Gasteiger partial charge in [0.1, 0.15) is 6.04 Å². The summed E-state index contributed by atoms with van der Waals surface area (Å²) in [6.07, 6.45) is 2.04. The second kappa shape index (κ2) is 6.14. The lowest BCUT2D eigenvalue weighted by Crippen LogP contribution is -2.37. The Morgan fingerprint density at radius 3 is 3.00 bits per heavy atom. The van der Waals surface area contributed by atoms with E-state index in [-0.39, 0.29) is 5.91 Å². The van der Waals surface area contributed by atoms with Gasteiger partial charge in [-0.3, -0.25) is 4.79 Å². The van der Waals surface area contributed by atoms with E-state index >= 15 is 0 Å². The van der Waals surface area contributed by atoms with Crippen molar-refractivity contribution < 1.29 is 9.53 Å². The van der Waals surface area contributed by atoms with Crippen LogP contribution in [-0.4, -0.2) is 25.7 Å². The number of amides is 1. The van der Waals surface area contributed by atoms with Gasteiger partial charge in [0.25, 0.3) is 0 Å². The summed E-state index contributed by atoms with van der Waals surface area (Å²) < 4.78 is 5.28. The molecule has 5 heteroatoms. The second-order valence-corrected chi connectivity index (χ2v) is 5.27. The first-order valence-electron chi connectivity index (χ1n) is 5.92. The summed E-state index contributed by atoms with van der Waals surface area (Å²) in [6.45, 7) is 2.32. The Balaban J connectivity index is 1.76. The lowest BCUT2D eigenvalue weighted by molar-refractivity contribution is -0.122. The predicted molar refractivity (Wildman–Crippen MR) is 67.8 cm³/mol. The molecule has 94 valence electrons. The Morgan fingerprint density at radius 1 is 1.59 bits per heavy atom. The average Bonchev–Trinajstić information content (AvgIpc) is 2.90. The quantitative estimate of drug-likeness (QED) is 0.851. The van der Waals surface area contributed by atoms with E-state index in [0.717, 1.165) is 30.9 Å².